The first-order chi connectivity index (χ1) is 9.08. The lowest BCUT2D eigenvalue weighted by Crippen LogP contribution is -2.38. The van der Waals surface area contributed by atoms with Gasteiger partial charge in [0, 0.05) is 18.7 Å². The Morgan fingerprint density at radius 1 is 1.30 bits per heavy atom. The van der Waals surface area contributed by atoms with E-state index in [-0.39, 0.29) is 18.3 Å². The number of amides is 1. The molecule has 1 aromatic rings. The summed E-state index contributed by atoms with van der Waals surface area (Å²) in [6, 6.07) is 1.00. The van der Waals surface area contributed by atoms with Crippen molar-refractivity contribution in [1.82, 2.24) is 10.6 Å². The van der Waals surface area contributed by atoms with Crippen molar-refractivity contribution in [2.45, 2.75) is 12.8 Å². The highest BCUT2D eigenvalue weighted by Gasteiger charge is 2.20. The van der Waals surface area contributed by atoms with E-state index in [1.807, 2.05) is 0 Å². The van der Waals surface area contributed by atoms with E-state index in [0.29, 0.717) is 18.7 Å². The predicted molar refractivity (Wildman–Crippen MR) is 71.5 cm³/mol. The molecular weight excluding hydrogens is 293 g/mol. The minimum absolute atomic E-state index is 0. The predicted octanol–water partition coefficient (Wildman–Crippen LogP) is 2.26. The van der Waals surface area contributed by atoms with E-state index in [0.717, 1.165) is 25.9 Å². The van der Waals surface area contributed by atoms with E-state index >= 15 is 0 Å². The zero-order valence-electron chi connectivity index (χ0n) is 10.7. The van der Waals surface area contributed by atoms with Gasteiger partial charge >= 0.3 is 0 Å². The summed E-state index contributed by atoms with van der Waals surface area (Å²) in [5.41, 5.74) is -0.731. The summed E-state index contributed by atoms with van der Waals surface area (Å²) in [4.78, 5) is 11.7. The van der Waals surface area contributed by atoms with Crippen LogP contribution in [0.3, 0.4) is 0 Å². The van der Waals surface area contributed by atoms with Gasteiger partial charge in [-0.15, -0.1) is 12.4 Å². The van der Waals surface area contributed by atoms with Gasteiger partial charge in [-0.2, -0.15) is 0 Å². The highest BCUT2D eigenvalue weighted by atomic mass is 35.5. The number of halogens is 4. The molecule has 0 aliphatic carbocycles. The summed E-state index contributed by atoms with van der Waals surface area (Å²) < 4.78 is 39.5. The van der Waals surface area contributed by atoms with Crippen molar-refractivity contribution in [3.63, 3.8) is 0 Å². The Hall–Kier alpha value is -1.27. The molecule has 7 heteroatoms. The highest BCUT2D eigenvalue weighted by molar-refractivity contribution is 5.94. The lowest BCUT2D eigenvalue weighted by molar-refractivity contribution is 0.0936. The first-order valence-corrected chi connectivity index (χ1v) is 6.21. The third-order valence-electron chi connectivity index (χ3n) is 3.18. The number of benzene rings is 1. The maximum atomic E-state index is 13.4. The van der Waals surface area contributed by atoms with Crippen LogP contribution in [0.25, 0.3) is 0 Å². The van der Waals surface area contributed by atoms with E-state index in [1.165, 1.54) is 0 Å². The number of nitrogens with one attached hydrogen (secondary N) is 2. The molecule has 1 aliphatic rings. The molecule has 1 aromatic carbocycles. The van der Waals surface area contributed by atoms with Crippen molar-refractivity contribution >= 4 is 18.3 Å². The van der Waals surface area contributed by atoms with Crippen LogP contribution in [0.1, 0.15) is 23.2 Å². The number of rotatable bonds is 3. The molecule has 20 heavy (non-hydrogen) atoms. The number of hydrogen-bond donors (Lipinski definition) is 2. The number of carbonyl (C=O) groups is 1. The Balaban J connectivity index is 0.00000200. The zero-order valence-corrected chi connectivity index (χ0v) is 11.5. The molecular formula is C13H16ClF3N2O. The summed E-state index contributed by atoms with van der Waals surface area (Å²) in [6.45, 7) is 2.07. The molecule has 0 saturated carbocycles. The molecule has 112 valence electrons. The maximum Gasteiger partial charge on any atom is 0.257 e. The second kappa shape index (κ2) is 7.50. The first-order valence-electron chi connectivity index (χ1n) is 6.21. The Bertz CT molecular complexity index is 456. The minimum atomic E-state index is -1.18. The molecule has 0 radical (unpaired) electrons. The van der Waals surface area contributed by atoms with Crippen molar-refractivity contribution < 1.29 is 18.0 Å². The number of hydrogen-bond acceptors (Lipinski definition) is 2. The molecule has 1 amide bonds. The van der Waals surface area contributed by atoms with Gasteiger partial charge in [0.2, 0.25) is 0 Å². The van der Waals surface area contributed by atoms with Gasteiger partial charge in [0.05, 0.1) is 0 Å². The van der Waals surface area contributed by atoms with Gasteiger partial charge in [0.25, 0.3) is 5.91 Å². The fourth-order valence-corrected chi connectivity index (χ4v) is 2.18. The SMILES string of the molecule is Cl.O=C(NCC1CCCNC1)c1c(F)cc(F)cc1F. The average Bonchev–Trinajstić information content (AvgIpc) is 2.36. The number of piperidine rings is 1. The van der Waals surface area contributed by atoms with Gasteiger partial charge in [0.1, 0.15) is 23.0 Å². The fourth-order valence-electron chi connectivity index (χ4n) is 2.18. The summed E-state index contributed by atoms with van der Waals surface area (Å²) in [7, 11) is 0. The Morgan fingerprint density at radius 3 is 2.50 bits per heavy atom. The molecule has 1 saturated heterocycles. The van der Waals surface area contributed by atoms with Crippen LogP contribution in [0.2, 0.25) is 0 Å². The molecule has 0 spiro atoms. The largest absolute Gasteiger partial charge is 0.352 e. The van der Waals surface area contributed by atoms with E-state index in [2.05, 4.69) is 10.6 Å². The van der Waals surface area contributed by atoms with Gasteiger partial charge in [-0.25, -0.2) is 13.2 Å². The summed E-state index contributed by atoms with van der Waals surface area (Å²) in [5, 5.41) is 5.67. The maximum absolute atomic E-state index is 13.4. The van der Waals surface area contributed by atoms with Gasteiger partial charge in [-0.3, -0.25) is 4.79 Å². The van der Waals surface area contributed by atoms with Gasteiger partial charge in [-0.1, -0.05) is 0 Å². The smallest absolute Gasteiger partial charge is 0.257 e. The van der Waals surface area contributed by atoms with E-state index in [1.54, 1.807) is 0 Å². The summed E-state index contributed by atoms with van der Waals surface area (Å²) in [6.07, 6.45) is 1.97. The second-order valence-electron chi connectivity index (χ2n) is 4.67. The van der Waals surface area contributed by atoms with Crippen molar-refractivity contribution in [2.24, 2.45) is 5.92 Å². The molecule has 1 aliphatic heterocycles. The fraction of sp³-hybridized carbons (Fsp3) is 0.462. The molecule has 1 unspecified atom stereocenters. The monoisotopic (exact) mass is 308 g/mol. The lowest BCUT2D eigenvalue weighted by Gasteiger charge is -2.22. The van der Waals surface area contributed by atoms with Crippen molar-refractivity contribution in [2.75, 3.05) is 19.6 Å². The van der Waals surface area contributed by atoms with Crippen LogP contribution in [0.15, 0.2) is 12.1 Å². The van der Waals surface area contributed by atoms with Gasteiger partial charge < -0.3 is 10.6 Å². The van der Waals surface area contributed by atoms with Crippen LogP contribution < -0.4 is 10.6 Å². The van der Waals surface area contributed by atoms with Crippen LogP contribution in [-0.4, -0.2) is 25.5 Å². The van der Waals surface area contributed by atoms with Gasteiger partial charge in [0.15, 0.2) is 0 Å². The van der Waals surface area contributed by atoms with Crippen LogP contribution in [0.4, 0.5) is 13.2 Å². The molecule has 2 N–H and O–H groups in total. The average molecular weight is 309 g/mol. The van der Waals surface area contributed by atoms with Crippen molar-refractivity contribution in [1.29, 1.82) is 0 Å². The van der Waals surface area contributed by atoms with E-state index in [4.69, 9.17) is 0 Å². The standard InChI is InChI=1S/C13H15F3N2O.ClH/c14-9-4-10(15)12(11(16)5-9)13(19)18-7-8-2-1-3-17-6-8;/h4-5,8,17H,1-3,6-7H2,(H,18,19);1H. The Kier molecular flexibility index (Phi) is 6.29. The summed E-state index contributed by atoms with van der Waals surface area (Å²) >= 11 is 0. The first kappa shape index (κ1) is 16.8. The Labute approximate surface area is 121 Å². The van der Waals surface area contributed by atoms with E-state index in [9.17, 15) is 18.0 Å². The highest BCUT2D eigenvalue weighted by Crippen LogP contribution is 2.15. The molecule has 3 nitrogen and oxygen atoms in total. The van der Waals surface area contributed by atoms with E-state index < -0.39 is 28.9 Å². The third kappa shape index (κ3) is 4.11. The molecule has 1 heterocycles. The number of carbonyl (C=O) groups excluding carboxylic acids is 1. The Morgan fingerprint density at radius 2 is 1.95 bits per heavy atom. The van der Waals surface area contributed by atoms with Gasteiger partial charge in [-0.05, 0) is 31.8 Å². The quantitative estimate of drug-likeness (QED) is 0.899. The molecule has 0 aromatic heterocycles. The molecule has 1 fully saturated rings. The molecule has 2 rings (SSSR count). The van der Waals surface area contributed by atoms with Crippen LogP contribution in [0, 0.1) is 23.4 Å². The van der Waals surface area contributed by atoms with Crippen LogP contribution >= 0.6 is 12.4 Å². The zero-order chi connectivity index (χ0) is 13.8. The third-order valence-corrected chi connectivity index (χ3v) is 3.18. The molecule has 1 atom stereocenters. The van der Waals surface area contributed by atoms with Crippen LogP contribution in [0.5, 0.6) is 0 Å². The molecule has 0 bridgehead atoms. The minimum Gasteiger partial charge on any atom is -0.352 e. The topological polar surface area (TPSA) is 41.1 Å². The van der Waals surface area contributed by atoms with Crippen LogP contribution in [-0.2, 0) is 0 Å². The lowest BCUT2D eigenvalue weighted by atomic mass is 9.99. The normalized spacial score (nSPS) is 18.2. The second-order valence-corrected chi connectivity index (χ2v) is 4.67. The summed E-state index contributed by atoms with van der Waals surface area (Å²) in [5.74, 6) is -4.00. The van der Waals surface area contributed by atoms with Crippen molar-refractivity contribution in [3.8, 4) is 0 Å². The van der Waals surface area contributed by atoms with Crippen molar-refractivity contribution in [3.05, 3.63) is 35.1 Å².